The Kier molecular flexibility index (Phi) is 0.900. The van der Waals surface area contributed by atoms with E-state index in [1.54, 1.807) is 4.90 Å². The highest BCUT2D eigenvalue weighted by atomic mass is 16.5. The monoisotopic (exact) mass is 128 g/mol. The zero-order valence-corrected chi connectivity index (χ0v) is 4.96. The summed E-state index contributed by atoms with van der Waals surface area (Å²) in [4.78, 5) is 12.3. The number of hydrogen-bond donors (Lipinski definition) is 1. The minimum Gasteiger partial charge on any atom is -0.361 e. The number of nitrogens with zero attached hydrogens (tertiary/aromatic N) is 1. The van der Waals surface area contributed by atoms with Crippen LogP contribution in [0, 0.1) is 0 Å². The molecule has 4 heteroatoms. The Balaban J connectivity index is 2.01. The van der Waals surface area contributed by atoms with Crippen molar-refractivity contribution in [3.8, 4) is 0 Å². The fourth-order valence-electron chi connectivity index (χ4n) is 1.11. The first-order valence-electron chi connectivity index (χ1n) is 3.03. The summed E-state index contributed by atoms with van der Waals surface area (Å²) in [5.41, 5.74) is 0. The largest absolute Gasteiger partial charge is 0.361 e. The first kappa shape index (κ1) is 5.05. The molecule has 0 saturated carbocycles. The Hall–Kier alpha value is -0.770. The summed E-state index contributed by atoms with van der Waals surface area (Å²) in [5, 5.41) is 2.75. The average Bonchev–Trinajstić information content (AvgIpc) is 1.86. The molecule has 2 aliphatic heterocycles. The fraction of sp³-hybridized carbons (Fsp3) is 0.800. The second kappa shape index (κ2) is 1.60. The van der Waals surface area contributed by atoms with Gasteiger partial charge in [-0.1, -0.05) is 0 Å². The molecule has 1 unspecified atom stereocenters. The van der Waals surface area contributed by atoms with E-state index in [0.717, 1.165) is 13.0 Å². The number of fused-ring (bicyclic) bond motifs is 1. The number of rotatable bonds is 0. The zero-order chi connectivity index (χ0) is 6.27. The van der Waals surface area contributed by atoms with Crippen molar-refractivity contribution in [2.75, 3.05) is 13.3 Å². The van der Waals surface area contributed by atoms with Crippen LogP contribution in [-0.2, 0) is 4.74 Å². The molecule has 0 bridgehead atoms. The zero-order valence-electron chi connectivity index (χ0n) is 4.96. The predicted octanol–water partition coefficient (Wildman–Crippen LogP) is -0.284. The van der Waals surface area contributed by atoms with Crippen LogP contribution in [0.4, 0.5) is 4.79 Å². The van der Waals surface area contributed by atoms with Gasteiger partial charge in [-0.25, -0.2) is 4.79 Å². The van der Waals surface area contributed by atoms with Crippen molar-refractivity contribution in [2.24, 2.45) is 0 Å². The third kappa shape index (κ3) is 0.595. The minimum absolute atomic E-state index is 0.000278. The van der Waals surface area contributed by atoms with Gasteiger partial charge in [-0.2, -0.15) is 0 Å². The van der Waals surface area contributed by atoms with E-state index in [9.17, 15) is 4.79 Å². The van der Waals surface area contributed by atoms with Gasteiger partial charge in [-0.3, -0.25) is 4.90 Å². The lowest BCUT2D eigenvalue weighted by atomic mass is 10.2. The Morgan fingerprint density at radius 3 is 3.22 bits per heavy atom. The number of carbonyl (C=O) groups excluding carboxylic acids is 1. The number of carbonyl (C=O) groups is 1. The highest BCUT2D eigenvalue weighted by Crippen LogP contribution is 2.15. The number of hydrogen-bond acceptors (Lipinski definition) is 2. The van der Waals surface area contributed by atoms with Crippen LogP contribution in [0.3, 0.4) is 0 Å². The van der Waals surface area contributed by atoms with E-state index in [0.29, 0.717) is 6.73 Å². The van der Waals surface area contributed by atoms with Crippen molar-refractivity contribution < 1.29 is 9.53 Å². The Labute approximate surface area is 52.8 Å². The van der Waals surface area contributed by atoms with Crippen LogP contribution in [0.1, 0.15) is 6.42 Å². The van der Waals surface area contributed by atoms with Crippen molar-refractivity contribution >= 4 is 6.03 Å². The molecule has 0 spiro atoms. The molecule has 0 aromatic rings. The molecule has 2 heterocycles. The van der Waals surface area contributed by atoms with Gasteiger partial charge in [0.15, 0.2) is 0 Å². The molecule has 2 rings (SSSR count). The van der Waals surface area contributed by atoms with E-state index in [1.165, 1.54) is 0 Å². The maximum atomic E-state index is 10.6. The summed E-state index contributed by atoms with van der Waals surface area (Å²) >= 11 is 0. The molecule has 0 radical (unpaired) electrons. The van der Waals surface area contributed by atoms with Gasteiger partial charge >= 0.3 is 6.03 Å². The molecular weight excluding hydrogens is 120 g/mol. The molecule has 2 aliphatic rings. The second-order valence-corrected chi connectivity index (χ2v) is 2.26. The summed E-state index contributed by atoms with van der Waals surface area (Å²) in [6.45, 7) is 1.23. The fourth-order valence-corrected chi connectivity index (χ4v) is 1.11. The maximum Gasteiger partial charge on any atom is 0.322 e. The van der Waals surface area contributed by atoms with Crippen LogP contribution >= 0.6 is 0 Å². The van der Waals surface area contributed by atoms with Crippen molar-refractivity contribution in [1.29, 1.82) is 0 Å². The van der Waals surface area contributed by atoms with Gasteiger partial charge in [0, 0.05) is 6.42 Å². The molecule has 2 saturated heterocycles. The van der Waals surface area contributed by atoms with E-state index in [-0.39, 0.29) is 12.2 Å². The Bertz CT molecular complexity index is 148. The van der Waals surface area contributed by atoms with Gasteiger partial charge in [-0.05, 0) is 0 Å². The van der Waals surface area contributed by atoms with E-state index in [1.807, 2.05) is 0 Å². The van der Waals surface area contributed by atoms with Crippen LogP contribution in [-0.4, -0.2) is 30.4 Å². The van der Waals surface area contributed by atoms with Crippen LogP contribution in [0.2, 0.25) is 0 Å². The van der Waals surface area contributed by atoms with Crippen molar-refractivity contribution in [1.82, 2.24) is 10.2 Å². The number of urea groups is 1. The van der Waals surface area contributed by atoms with E-state index in [2.05, 4.69) is 5.32 Å². The topological polar surface area (TPSA) is 41.6 Å². The highest BCUT2D eigenvalue weighted by Gasteiger charge is 2.36. The van der Waals surface area contributed by atoms with Crippen molar-refractivity contribution in [3.05, 3.63) is 0 Å². The lowest BCUT2D eigenvalue weighted by Crippen LogP contribution is -2.68. The Morgan fingerprint density at radius 2 is 2.67 bits per heavy atom. The summed E-state index contributed by atoms with van der Waals surface area (Å²) < 4.78 is 5.04. The second-order valence-electron chi connectivity index (χ2n) is 2.26. The predicted molar refractivity (Wildman–Crippen MR) is 29.6 cm³/mol. The van der Waals surface area contributed by atoms with E-state index >= 15 is 0 Å². The van der Waals surface area contributed by atoms with Crippen molar-refractivity contribution in [2.45, 2.75) is 12.6 Å². The van der Waals surface area contributed by atoms with E-state index < -0.39 is 0 Å². The quantitative estimate of drug-likeness (QED) is 0.487. The summed E-state index contributed by atoms with van der Waals surface area (Å²) in [7, 11) is 0. The lowest BCUT2D eigenvalue weighted by Gasteiger charge is -2.44. The SMILES string of the molecule is O=C1NC2CCOCN12. The standard InChI is InChI=1S/C5H8N2O2/c8-5-6-4-1-2-9-3-7(4)5/h4H,1-3H2,(H,6,8). The van der Waals surface area contributed by atoms with Gasteiger partial charge < -0.3 is 10.1 Å². The molecule has 1 N–H and O–H groups in total. The van der Waals surface area contributed by atoms with Crippen molar-refractivity contribution in [3.63, 3.8) is 0 Å². The summed E-state index contributed by atoms with van der Waals surface area (Å²) in [6.07, 6.45) is 1.19. The first-order valence-corrected chi connectivity index (χ1v) is 3.03. The molecule has 9 heavy (non-hydrogen) atoms. The van der Waals surface area contributed by atoms with Gasteiger partial charge in [0.2, 0.25) is 0 Å². The number of amides is 2. The normalized spacial score (nSPS) is 32.7. The lowest BCUT2D eigenvalue weighted by molar-refractivity contribution is -0.0597. The molecular formula is C5H8N2O2. The minimum atomic E-state index is -0.000278. The summed E-state index contributed by atoms with van der Waals surface area (Å²) in [5.74, 6) is 0. The molecule has 0 aromatic heterocycles. The maximum absolute atomic E-state index is 10.6. The van der Waals surface area contributed by atoms with Gasteiger partial charge in [-0.15, -0.1) is 0 Å². The molecule has 2 amide bonds. The van der Waals surface area contributed by atoms with Gasteiger partial charge in [0.1, 0.15) is 12.9 Å². The average molecular weight is 128 g/mol. The first-order chi connectivity index (χ1) is 4.38. The van der Waals surface area contributed by atoms with Crippen LogP contribution in [0.15, 0.2) is 0 Å². The number of ether oxygens (including phenoxy) is 1. The summed E-state index contributed by atoms with van der Waals surface area (Å²) in [6, 6.07) is -0.000278. The third-order valence-corrected chi connectivity index (χ3v) is 1.69. The number of nitrogens with one attached hydrogen (secondary N) is 1. The molecule has 2 fully saturated rings. The smallest absolute Gasteiger partial charge is 0.322 e. The molecule has 0 aromatic carbocycles. The van der Waals surface area contributed by atoms with Crippen LogP contribution in [0.5, 0.6) is 0 Å². The van der Waals surface area contributed by atoms with E-state index in [4.69, 9.17) is 4.74 Å². The molecule has 50 valence electrons. The molecule has 4 nitrogen and oxygen atoms in total. The van der Waals surface area contributed by atoms with Crippen LogP contribution in [0.25, 0.3) is 0 Å². The highest BCUT2D eigenvalue weighted by molar-refractivity contribution is 5.80. The Morgan fingerprint density at radius 1 is 1.78 bits per heavy atom. The van der Waals surface area contributed by atoms with Gasteiger partial charge in [0.05, 0.1) is 6.61 Å². The van der Waals surface area contributed by atoms with Gasteiger partial charge in [0.25, 0.3) is 0 Å². The third-order valence-electron chi connectivity index (χ3n) is 1.69. The molecule has 0 aliphatic carbocycles. The van der Waals surface area contributed by atoms with Crippen LogP contribution < -0.4 is 5.32 Å². The molecule has 1 atom stereocenters.